The third-order valence-corrected chi connectivity index (χ3v) is 3.67. The molecular weight excluding hydrogens is 320 g/mol. The summed E-state index contributed by atoms with van der Waals surface area (Å²) in [5.74, 6) is -2.11. The fraction of sp³-hybridized carbons (Fsp3) is 0.176. The standard InChI is InChI=1S/C17H15ClO5/c1-3-23-17(22)13-8-12(9(2)14(13)16(20)21)15(19)10-4-6-11(18)7-5-10/h4-8,19H,3H2,1-2H3,(H,20,21)/b15-12+. The van der Waals surface area contributed by atoms with Gasteiger partial charge in [0, 0.05) is 16.2 Å². The minimum absolute atomic E-state index is 0.0765. The molecule has 0 heterocycles. The Bertz CT molecular complexity index is 754. The second kappa shape index (κ2) is 6.71. The molecule has 0 unspecified atom stereocenters. The van der Waals surface area contributed by atoms with E-state index < -0.39 is 11.9 Å². The molecule has 1 aliphatic carbocycles. The van der Waals surface area contributed by atoms with Gasteiger partial charge in [-0.25, -0.2) is 9.59 Å². The highest BCUT2D eigenvalue weighted by molar-refractivity contribution is 6.30. The number of benzene rings is 1. The maximum Gasteiger partial charge on any atom is 0.339 e. The van der Waals surface area contributed by atoms with Gasteiger partial charge in [0.2, 0.25) is 0 Å². The van der Waals surface area contributed by atoms with Crippen molar-refractivity contribution in [3.05, 3.63) is 63.2 Å². The van der Waals surface area contributed by atoms with E-state index in [9.17, 15) is 19.8 Å². The maximum absolute atomic E-state index is 11.9. The summed E-state index contributed by atoms with van der Waals surface area (Å²) in [6.45, 7) is 3.30. The zero-order chi connectivity index (χ0) is 17.1. The number of rotatable bonds is 4. The van der Waals surface area contributed by atoms with Crippen LogP contribution in [0.1, 0.15) is 19.4 Å². The topological polar surface area (TPSA) is 83.8 Å². The Labute approximate surface area is 138 Å². The van der Waals surface area contributed by atoms with E-state index in [1.54, 1.807) is 31.2 Å². The highest BCUT2D eigenvalue weighted by Crippen LogP contribution is 2.35. The molecule has 0 amide bonds. The van der Waals surface area contributed by atoms with Gasteiger partial charge in [0.25, 0.3) is 0 Å². The molecule has 23 heavy (non-hydrogen) atoms. The molecule has 1 aliphatic rings. The molecular formula is C17H15ClO5. The molecule has 0 fully saturated rings. The van der Waals surface area contributed by atoms with Crippen molar-refractivity contribution in [3.63, 3.8) is 0 Å². The number of esters is 1. The molecule has 1 aromatic rings. The fourth-order valence-corrected chi connectivity index (χ4v) is 2.44. The Kier molecular flexibility index (Phi) is 4.91. The predicted octanol–water partition coefficient (Wildman–Crippen LogP) is 3.51. The van der Waals surface area contributed by atoms with Gasteiger partial charge in [0.05, 0.1) is 17.8 Å². The number of halogens is 1. The summed E-state index contributed by atoms with van der Waals surface area (Å²) < 4.78 is 4.88. The van der Waals surface area contributed by atoms with Gasteiger partial charge in [0.1, 0.15) is 5.76 Å². The third kappa shape index (κ3) is 3.29. The highest BCUT2D eigenvalue weighted by Gasteiger charge is 2.31. The third-order valence-electron chi connectivity index (χ3n) is 3.42. The molecule has 5 nitrogen and oxygen atoms in total. The van der Waals surface area contributed by atoms with Crippen LogP contribution < -0.4 is 0 Å². The van der Waals surface area contributed by atoms with E-state index in [0.29, 0.717) is 16.2 Å². The summed E-state index contributed by atoms with van der Waals surface area (Å²) in [6.07, 6.45) is 1.33. The maximum atomic E-state index is 11.9. The van der Waals surface area contributed by atoms with E-state index in [2.05, 4.69) is 0 Å². The van der Waals surface area contributed by atoms with Gasteiger partial charge in [-0.3, -0.25) is 0 Å². The second-order valence-corrected chi connectivity index (χ2v) is 5.29. The molecule has 6 heteroatoms. The number of allylic oxidation sites excluding steroid dienone is 3. The lowest BCUT2D eigenvalue weighted by Crippen LogP contribution is -2.13. The molecule has 0 bridgehead atoms. The van der Waals surface area contributed by atoms with Crippen molar-refractivity contribution < 1.29 is 24.5 Å². The molecule has 0 saturated carbocycles. The van der Waals surface area contributed by atoms with Crippen LogP contribution >= 0.6 is 11.6 Å². The van der Waals surface area contributed by atoms with Gasteiger partial charge >= 0.3 is 11.9 Å². The van der Waals surface area contributed by atoms with Crippen molar-refractivity contribution in [2.75, 3.05) is 6.61 Å². The lowest BCUT2D eigenvalue weighted by atomic mass is 10.0. The van der Waals surface area contributed by atoms with Crippen LogP contribution in [0.2, 0.25) is 5.02 Å². The molecule has 0 aromatic heterocycles. The van der Waals surface area contributed by atoms with Crippen molar-refractivity contribution in [1.29, 1.82) is 0 Å². The van der Waals surface area contributed by atoms with E-state index >= 15 is 0 Å². The first-order valence-corrected chi connectivity index (χ1v) is 7.27. The van der Waals surface area contributed by atoms with Crippen LogP contribution in [0.25, 0.3) is 5.76 Å². The van der Waals surface area contributed by atoms with Gasteiger partial charge in [-0.15, -0.1) is 0 Å². The van der Waals surface area contributed by atoms with Gasteiger partial charge < -0.3 is 14.9 Å². The zero-order valence-corrected chi connectivity index (χ0v) is 13.3. The molecule has 2 N–H and O–H groups in total. The summed E-state index contributed by atoms with van der Waals surface area (Å²) in [5.41, 5.74) is 0.793. The van der Waals surface area contributed by atoms with Gasteiger partial charge in [-0.2, -0.15) is 0 Å². The normalized spacial score (nSPS) is 16.2. The Balaban J connectivity index is 2.58. The monoisotopic (exact) mass is 334 g/mol. The molecule has 0 aliphatic heterocycles. The number of carboxylic acids is 1. The molecule has 0 spiro atoms. The van der Waals surface area contributed by atoms with E-state index in [0.717, 1.165) is 0 Å². The van der Waals surface area contributed by atoms with Crippen LogP contribution in [0, 0.1) is 0 Å². The Morgan fingerprint density at radius 3 is 2.30 bits per heavy atom. The summed E-state index contributed by atoms with van der Waals surface area (Å²) >= 11 is 5.81. The predicted molar refractivity (Wildman–Crippen MR) is 86.1 cm³/mol. The first kappa shape index (κ1) is 16.8. The van der Waals surface area contributed by atoms with Gasteiger partial charge in [-0.05, 0) is 49.8 Å². The summed E-state index contributed by atoms with van der Waals surface area (Å²) in [4.78, 5) is 23.4. The second-order valence-electron chi connectivity index (χ2n) is 4.85. The largest absolute Gasteiger partial charge is 0.507 e. The average molecular weight is 335 g/mol. The number of carbonyl (C=O) groups is 2. The lowest BCUT2D eigenvalue weighted by molar-refractivity contribution is -0.140. The Hall–Kier alpha value is -2.53. The number of aliphatic hydroxyl groups is 1. The van der Waals surface area contributed by atoms with Crippen LogP contribution in [0.5, 0.6) is 0 Å². The number of hydrogen-bond acceptors (Lipinski definition) is 4. The number of carbonyl (C=O) groups excluding carboxylic acids is 1. The van der Waals surface area contributed by atoms with Crippen LogP contribution in [0.3, 0.4) is 0 Å². The molecule has 0 atom stereocenters. The summed E-state index contributed by atoms with van der Waals surface area (Å²) in [7, 11) is 0. The summed E-state index contributed by atoms with van der Waals surface area (Å²) in [5, 5.41) is 20.3. The average Bonchev–Trinajstić information content (AvgIpc) is 2.85. The van der Waals surface area contributed by atoms with Crippen molar-refractivity contribution in [2.24, 2.45) is 0 Å². The van der Waals surface area contributed by atoms with E-state index in [-0.39, 0.29) is 29.1 Å². The van der Waals surface area contributed by atoms with E-state index in [1.807, 2.05) is 0 Å². The van der Waals surface area contributed by atoms with Crippen molar-refractivity contribution in [1.82, 2.24) is 0 Å². The Morgan fingerprint density at radius 2 is 1.78 bits per heavy atom. The zero-order valence-electron chi connectivity index (χ0n) is 12.6. The van der Waals surface area contributed by atoms with Crippen LogP contribution in [0.15, 0.2) is 52.6 Å². The number of ether oxygens (including phenoxy) is 1. The smallest absolute Gasteiger partial charge is 0.339 e. The fourth-order valence-electron chi connectivity index (χ4n) is 2.32. The first-order chi connectivity index (χ1) is 10.9. The number of hydrogen-bond donors (Lipinski definition) is 2. The molecule has 120 valence electrons. The number of aliphatic carboxylic acids is 1. The molecule has 0 radical (unpaired) electrons. The number of carboxylic acid groups (broad SMARTS) is 1. The summed E-state index contributed by atoms with van der Waals surface area (Å²) in [6, 6.07) is 6.43. The van der Waals surface area contributed by atoms with Crippen LogP contribution in [-0.4, -0.2) is 28.8 Å². The van der Waals surface area contributed by atoms with Crippen molar-refractivity contribution in [3.8, 4) is 0 Å². The van der Waals surface area contributed by atoms with Crippen molar-refractivity contribution >= 4 is 29.3 Å². The van der Waals surface area contributed by atoms with Gasteiger partial charge in [-0.1, -0.05) is 11.6 Å². The first-order valence-electron chi connectivity index (χ1n) is 6.89. The van der Waals surface area contributed by atoms with E-state index in [1.165, 1.54) is 13.0 Å². The SMILES string of the molecule is CCOC(=O)C1=C/C(=C(\O)c2ccc(Cl)cc2)C(C)=C1C(=O)O. The van der Waals surface area contributed by atoms with E-state index in [4.69, 9.17) is 16.3 Å². The van der Waals surface area contributed by atoms with Gasteiger partial charge in [0.15, 0.2) is 0 Å². The lowest BCUT2D eigenvalue weighted by Gasteiger charge is -2.06. The highest BCUT2D eigenvalue weighted by atomic mass is 35.5. The minimum Gasteiger partial charge on any atom is -0.507 e. The van der Waals surface area contributed by atoms with Crippen molar-refractivity contribution in [2.45, 2.75) is 13.8 Å². The quantitative estimate of drug-likeness (QED) is 0.650. The minimum atomic E-state index is -1.25. The van der Waals surface area contributed by atoms with Crippen LogP contribution in [-0.2, 0) is 14.3 Å². The molecule has 1 aromatic carbocycles. The molecule has 2 rings (SSSR count). The Morgan fingerprint density at radius 1 is 1.17 bits per heavy atom. The number of aliphatic hydroxyl groups excluding tert-OH is 1. The molecule has 0 saturated heterocycles. The van der Waals surface area contributed by atoms with Crippen LogP contribution in [0.4, 0.5) is 0 Å².